The predicted octanol–water partition coefficient (Wildman–Crippen LogP) is 3.46. The molecule has 1 fully saturated rings. The van der Waals surface area contributed by atoms with Gasteiger partial charge in [0.2, 0.25) is 11.0 Å². The molecule has 1 aliphatic rings. The molecule has 0 radical (unpaired) electrons. The Kier molecular flexibility index (Phi) is 5.83. The Balaban J connectivity index is 1.39. The molecule has 0 aliphatic carbocycles. The number of hydrogen-bond acceptors (Lipinski definition) is 6. The van der Waals surface area contributed by atoms with Crippen molar-refractivity contribution in [2.45, 2.75) is 31.8 Å². The maximum Gasteiger partial charge on any atom is 0.243 e. The van der Waals surface area contributed by atoms with Crippen LogP contribution in [-0.4, -0.2) is 32.8 Å². The fourth-order valence-corrected chi connectivity index (χ4v) is 4.18. The molecule has 0 saturated carbocycles. The van der Waals surface area contributed by atoms with E-state index in [2.05, 4.69) is 24.6 Å². The number of hydrogen-bond donors (Lipinski definition) is 1. The Morgan fingerprint density at radius 3 is 2.75 bits per heavy atom. The van der Waals surface area contributed by atoms with Crippen molar-refractivity contribution in [2.75, 3.05) is 11.4 Å². The number of aromatic nitrogens is 3. The van der Waals surface area contributed by atoms with E-state index < -0.39 is 0 Å². The van der Waals surface area contributed by atoms with E-state index >= 15 is 0 Å². The molecular weight excluding hydrogens is 394 g/mol. The summed E-state index contributed by atoms with van der Waals surface area (Å²) < 4.78 is 4.48. The van der Waals surface area contributed by atoms with Crippen LogP contribution in [0.4, 0.5) is 5.13 Å². The van der Waals surface area contributed by atoms with Gasteiger partial charge in [0.1, 0.15) is 11.9 Å². The lowest BCUT2D eigenvalue weighted by molar-refractivity contribution is -0.122. The van der Waals surface area contributed by atoms with E-state index in [9.17, 15) is 4.79 Å². The molecule has 28 heavy (non-hydrogen) atoms. The van der Waals surface area contributed by atoms with Crippen LogP contribution in [0.2, 0.25) is 5.02 Å². The van der Waals surface area contributed by atoms with Crippen molar-refractivity contribution in [3.63, 3.8) is 0 Å². The number of pyridine rings is 1. The van der Waals surface area contributed by atoms with Crippen LogP contribution in [0, 0.1) is 0 Å². The van der Waals surface area contributed by atoms with E-state index in [-0.39, 0.29) is 11.9 Å². The molecule has 3 heterocycles. The van der Waals surface area contributed by atoms with Gasteiger partial charge in [0.05, 0.1) is 0 Å². The van der Waals surface area contributed by atoms with Crippen LogP contribution in [0.15, 0.2) is 48.8 Å². The molecule has 1 aliphatic heterocycles. The molecule has 1 aromatic carbocycles. The second-order valence-electron chi connectivity index (χ2n) is 6.72. The number of rotatable bonds is 6. The van der Waals surface area contributed by atoms with Crippen molar-refractivity contribution in [1.82, 2.24) is 19.7 Å². The number of halogens is 1. The summed E-state index contributed by atoms with van der Waals surface area (Å²) in [5.74, 6) is 0.800. The first-order valence-corrected chi connectivity index (χ1v) is 10.3. The molecule has 0 bridgehead atoms. The first-order chi connectivity index (χ1) is 13.7. The Labute approximate surface area is 172 Å². The second-order valence-corrected chi connectivity index (χ2v) is 7.89. The minimum atomic E-state index is -0.196. The Morgan fingerprint density at radius 2 is 1.96 bits per heavy atom. The maximum atomic E-state index is 12.7. The van der Waals surface area contributed by atoms with Gasteiger partial charge in [-0.2, -0.15) is 4.37 Å². The first-order valence-electron chi connectivity index (χ1n) is 9.19. The standard InChI is InChI=1S/C20H20ClN5OS/c21-16-5-3-14(4-6-16)12-18-24-20(28-25-18)26-11-1-2-17(26)19(27)23-13-15-7-9-22-10-8-15/h3-10,17H,1-2,11-13H2,(H,23,27). The second kappa shape index (κ2) is 8.67. The summed E-state index contributed by atoms with van der Waals surface area (Å²) in [5.41, 5.74) is 2.15. The molecule has 8 heteroatoms. The zero-order chi connectivity index (χ0) is 19.3. The zero-order valence-corrected chi connectivity index (χ0v) is 16.8. The summed E-state index contributed by atoms with van der Waals surface area (Å²) in [6.07, 6.45) is 5.91. The van der Waals surface area contributed by atoms with Crippen LogP contribution in [0.5, 0.6) is 0 Å². The van der Waals surface area contributed by atoms with Gasteiger partial charge in [-0.05, 0) is 48.2 Å². The highest BCUT2D eigenvalue weighted by Crippen LogP contribution is 2.28. The highest BCUT2D eigenvalue weighted by atomic mass is 35.5. The summed E-state index contributed by atoms with van der Waals surface area (Å²) in [5, 5.41) is 4.55. The summed E-state index contributed by atoms with van der Waals surface area (Å²) in [4.78, 5) is 23.5. The van der Waals surface area contributed by atoms with Crippen molar-refractivity contribution in [2.24, 2.45) is 0 Å². The first kappa shape index (κ1) is 18.8. The third-order valence-electron chi connectivity index (χ3n) is 4.75. The van der Waals surface area contributed by atoms with Crippen LogP contribution < -0.4 is 10.2 Å². The molecule has 1 unspecified atom stereocenters. The number of benzene rings is 1. The normalized spacial score (nSPS) is 16.3. The SMILES string of the molecule is O=C(NCc1ccncc1)C1CCCN1c1nc(Cc2ccc(Cl)cc2)ns1. The number of anilines is 1. The number of nitrogens with one attached hydrogen (secondary N) is 1. The average Bonchev–Trinajstić information content (AvgIpc) is 3.38. The van der Waals surface area contributed by atoms with Crippen LogP contribution in [0.1, 0.15) is 29.8 Å². The zero-order valence-electron chi connectivity index (χ0n) is 15.2. The number of amides is 1. The Hall–Kier alpha value is -2.51. The number of carbonyl (C=O) groups excluding carboxylic acids is 1. The number of nitrogens with zero attached hydrogens (tertiary/aromatic N) is 4. The minimum absolute atomic E-state index is 0.0313. The van der Waals surface area contributed by atoms with E-state index in [0.29, 0.717) is 18.0 Å². The van der Waals surface area contributed by atoms with Crippen LogP contribution >= 0.6 is 23.1 Å². The molecule has 1 amide bonds. The average molecular weight is 414 g/mol. The van der Waals surface area contributed by atoms with Gasteiger partial charge in [-0.25, -0.2) is 4.98 Å². The Bertz CT molecular complexity index is 931. The monoisotopic (exact) mass is 413 g/mol. The van der Waals surface area contributed by atoms with E-state index in [0.717, 1.165) is 41.5 Å². The van der Waals surface area contributed by atoms with Crippen molar-refractivity contribution < 1.29 is 4.79 Å². The molecular formula is C20H20ClN5OS. The van der Waals surface area contributed by atoms with Gasteiger partial charge >= 0.3 is 0 Å². The lowest BCUT2D eigenvalue weighted by atomic mass is 10.1. The molecule has 6 nitrogen and oxygen atoms in total. The quantitative estimate of drug-likeness (QED) is 0.670. The van der Waals surface area contributed by atoms with Crippen LogP contribution in [0.3, 0.4) is 0 Å². The molecule has 144 valence electrons. The van der Waals surface area contributed by atoms with E-state index in [4.69, 9.17) is 11.6 Å². The largest absolute Gasteiger partial charge is 0.350 e. The van der Waals surface area contributed by atoms with Crippen molar-refractivity contribution >= 4 is 34.2 Å². The van der Waals surface area contributed by atoms with E-state index in [1.165, 1.54) is 11.5 Å². The summed E-state index contributed by atoms with van der Waals surface area (Å²) in [6, 6.07) is 11.3. The maximum absolute atomic E-state index is 12.7. The van der Waals surface area contributed by atoms with Crippen LogP contribution in [-0.2, 0) is 17.8 Å². The van der Waals surface area contributed by atoms with Gasteiger partial charge in [-0.1, -0.05) is 23.7 Å². The van der Waals surface area contributed by atoms with E-state index in [1.807, 2.05) is 36.4 Å². The van der Waals surface area contributed by atoms with Gasteiger partial charge in [-0.3, -0.25) is 9.78 Å². The molecule has 1 saturated heterocycles. The summed E-state index contributed by atoms with van der Waals surface area (Å²) in [7, 11) is 0. The lowest BCUT2D eigenvalue weighted by Gasteiger charge is -2.22. The van der Waals surface area contributed by atoms with Crippen LogP contribution in [0.25, 0.3) is 0 Å². The summed E-state index contributed by atoms with van der Waals surface area (Å²) in [6.45, 7) is 1.33. The lowest BCUT2D eigenvalue weighted by Crippen LogP contribution is -2.43. The van der Waals surface area contributed by atoms with Gasteiger partial charge in [-0.15, -0.1) is 0 Å². The highest BCUT2D eigenvalue weighted by Gasteiger charge is 2.32. The minimum Gasteiger partial charge on any atom is -0.350 e. The fraction of sp³-hybridized carbons (Fsp3) is 0.300. The highest BCUT2D eigenvalue weighted by molar-refractivity contribution is 7.09. The third-order valence-corrected chi connectivity index (χ3v) is 5.79. The molecule has 0 spiro atoms. The molecule has 1 atom stereocenters. The molecule has 4 rings (SSSR count). The van der Waals surface area contributed by atoms with E-state index in [1.54, 1.807) is 12.4 Å². The number of carbonyl (C=O) groups is 1. The smallest absolute Gasteiger partial charge is 0.243 e. The Morgan fingerprint density at radius 1 is 1.18 bits per heavy atom. The third kappa shape index (κ3) is 4.48. The van der Waals surface area contributed by atoms with Gasteiger partial charge in [0.15, 0.2) is 0 Å². The molecule has 2 aromatic heterocycles. The van der Waals surface area contributed by atoms with Gasteiger partial charge in [0, 0.05) is 48.5 Å². The molecule has 3 aromatic rings. The van der Waals surface area contributed by atoms with Gasteiger partial charge < -0.3 is 10.2 Å². The topological polar surface area (TPSA) is 71.0 Å². The predicted molar refractivity (Wildman–Crippen MR) is 111 cm³/mol. The van der Waals surface area contributed by atoms with Crippen molar-refractivity contribution in [1.29, 1.82) is 0 Å². The summed E-state index contributed by atoms with van der Waals surface area (Å²) >= 11 is 7.29. The van der Waals surface area contributed by atoms with Crippen molar-refractivity contribution in [3.05, 3.63) is 70.8 Å². The van der Waals surface area contributed by atoms with Crippen molar-refractivity contribution in [3.8, 4) is 0 Å². The van der Waals surface area contributed by atoms with Gasteiger partial charge in [0.25, 0.3) is 0 Å². The molecule has 1 N–H and O–H groups in total. The fourth-order valence-electron chi connectivity index (χ4n) is 3.29.